The van der Waals surface area contributed by atoms with Crippen molar-refractivity contribution < 1.29 is 23.1 Å². The van der Waals surface area contributed by atoms with Gasteiger partial charge in [0.25, 0.3) is 11.8 Å². The Morgan fingerprint density at radius 2 is 2.00 bits per heavy atom. The van der Waals surface area contributed by atoms with Gasteiger partial charge in [-0.2, -0.15) is 0 Å². The van der Waals surface area contributed by atoms with E-state index in [9.17, 15) is 18.0 Å². The third kappa shape index (κ3) is 4.54. The van der Waals surface area contributed by atoms with E-state index in [4.69, 9.17) is 23.3 Å². The van der Waals surface area contributed by atoms with Crippen molar-refractivity contribution in [3.05, 3.63) is 69.8 Å². The molecule has 0 bridgehead atoms. The Bertz CT molecular complexity index is 866. The fourth-order valence-electron chi connectivity index (χ4n) is 2.26. The van der Waals surface area contributed by atoms with Gasteiger partial charge >= 0.3 is 0 Å². The number of benzene rings is 2. The lowest BCUT2D eigenvalue weighted by molar-refractivity contribution is -0.0187. The zero-order valence-electron chi connectivity index (χ0n) is 13.4. The molecule has 0 unspecified atom stereocenters. The number of amides is 1. The molecule has 26 heavy (non-hydrogen) atoms. The molecule has 4 nitrogen and oxygen atoms in total. The summed E-state index contributed by atoms with van der Waals surface area (Å²) >= 11 is 5.83. The maximum absolute atomic E-state index is 14.2. The highest BCUT2D eigenvalue weighted by atomic mass is 35.5. The van der Waals surface area contributed by atoms with Crippen LogP contribution in [0.1, 0.15) is 28.8 Å². The summed E-state index contributed by atoms with van der Waals surface area (Å²) in [5, 5.41) is 10.9. The second-order valence-corrected chi connectivity index (χ2v) is 5.87. The zero-order valence-corrected chi connectivity index (χ0v) is 14.2. The van der Waals surface area contributed by atoms with Crippen molar-refractivity contribution in [3.8, 4) is 0 Å². The van der Waals surface area contributed by atoms with Crippen LogP contribution < -0.4 is 5.32 Å². The Labute approximate surface area is 153 Å². The summed E-state index contributed by atoms with van der Waals surface area (Å²) in [5.41, 5.74) is -0.707. The van der Waals surface area contributed by atoms with E-state index < -0.39 is 29.6 Å². The molecule has 0 aliphatic heterocycles. The highest BCUT2D eigenvalue weighted by molar-refractivity contribution is 6.31. The lowest BCUT2D eigenvalue weighted by atomic mass is 10.0. The summed E-state index contributed by atoms with van der Waals surface area (Å²) in [6.45, 7) is 6.39. The molecule has 1 amide bonds. The summed E-state index contributed by atoms with van der Waals surface area (Å²) in [6, 6.07) is 6.93. The largest absolute Gasteiger partial charge is 0.396 e. The molecule has 8 heteroatoms. The molecule has 0 saturated carbocycles. The van der Waals surface area contributed by atoms with Gasteiger partial charge in [-0.15, -0.1) is 0 Å². The fraction of sp³-hybridized carbons (Fsp3) is 0.222. The number of hydrogen-bond donors (Lipinski definition) is 2. The molecular formula is C18H14ClF3N2O2. The van der Waals surface area contributed by atoms with Crippen LogP contribution in [0, 0.1) is 12.4 Å². The molecule has 0 heterocycles. The molecular weight excluding hydrogens is 369 g/mol. The molecule has 2 N–H and O–H groups in total. The van der Waals surface area contributed by atoms with Crippen LogP contribution in [-0.2, 0) is 5.92 Å². The van der Waals surface area contributed by atoms with Crippen LogP contribution in [0.5, 0.6) is 0 Å². The molecule has 0 atom stereocenters. The van der Waals surface area contributed by atoms with Crippen molar-refractivity contribution in [3.63, 3.8) is 0 Å². The molecule has 2 aromatic rings. The van der Waals surface area contributed by atoms with Gasteiger partial charge in [-0.3, -0.25) is 4.79 Å². The minimum absolute atomic E-state index is 0.0808. The van der Waals surface area contributed by atoms with Gasteiger partial charge in [0.2, 0.25) is 5.69 Å². The Kier molecular flexibility index (Phi) is 6.24. The van der Waals surface area contributed by atoms with Crippen molar-refractivity contribution in [1.29, 1.82) is 0 Å². The highest BCUT2D eigenvalue weighted by Crippen LogP contribution is 2.37. The van der Waals surface area contributed by atoms with Crippen LogP contribution in [0.15, 0.2) is 36.4 Å². The van der Waals surface area contributed by atoms with Gasteiger partial charge in [0.1, 0.15) is 5.82 Å². The van der Waals surface area contributed by atoms with Gasteiger partial charge in [0, 0.05) is 34.9 Å². The molecule has 0 aliphatic carbocycles. The first-order valence-corrected chi connectivity index (χ1v) is 7.93. The molecule has 0 saturated heterocycles. The molecule has 136 valence electrons. The SMILES string of the molecule is [C-]#[N+]c1ccc(NC(=O)c2ccc(Cl)c(C(F)(F)CCCO)c2)cc1F. The predicted molar refractivity (Wildman–Crippen MR) is 92.3 cm³/mol. The zero-order chi connectivity index (χ0) is 19.3. The van der Waals surface area contributed by atoms with Gasteiger partial charge in [-0.05, 0) is 36.8 Å². The number of anilines is 1. The van der Waals surface area contributed by atoms with Gasteiger partial charge in [-0.1, -0.05) is 17.7 Å². The molecule has 2 aromatic carbocycles. The Morgan fingerprint density at radius 1 is 1.27 bits per heavy atom. The van der Waals surface area contributed by atoms with E-state index in [-0.39, 0.29) is 35.0 Å². The number of carbonyl (C=O) groups is 1. The number of alkyl halides is 2. The van der Waals surface area contributed by atoms with Crippen LogP contribution in [0.4, 0.5) is 24.5 Å². The predicted octanol–water partition coefficient (Wildman–Crippen LogP) is 5.15. The second-order valence-electron chi connectivity index (χ2n) is 5.46. The Morgan fingerprint density at radius 3 is 2.62 bits per heavy atom. The van der Waals surface area contributed by atoms with Crippen LogP contribution in [0.25, 0.3) is 4.85 Å². The van der Waals surface area contributed by atoms with Gasteiger partial charge in [0.15, 0.2) is 0 Å². The monoisotopic (exact) mass is 382 g/mol. The van der Waals surface area contributed by atoms with Gasteiger partial charge < -0.3 is 10.4 Å². The average molecular weight is 383 g/mol. The van der Waals surface area contributed by atoms with Crippen molar-refractivity contribution >= 4 is 28.9 Å². The van der Waals surface area contributed by atoms with Crippen LogP contribution in [0.2, 0.25) is 5.02 Å². The van der Waals surface area contributed by atoms with Gasteiger partial charge in [0.05, 0.1) is 6.57 Å². The standard InChI is InChI=1S/C18H14ClF3N2O2/c1-23-16-6-4-12(10-15(16)20)24-17(26)11-3-5-14(19)13(9-11)18(21,22)7-2-8-25/h3-6,9-10,25H,2,7-8H2,(H,24,26). The number of carbonyl (C=O) groups excluding carboxylic acids is 1. The summed E-state index contributed by atoms with van der Waals surface area (Å²) in [4.78, 5) is 15.2. The van der Waals surface area contributed by atoms with E-state index in [1.807, 2.05) is 0 Å². The normalized spacial score (nSPS) is 11.1. The maximum Gasteiger partial charge on any atom is 0.274 e. The number of halogens is 4. The first-order valence-electron chi connectivity index (χ1n) is 7.55. The minimum Gasteiger partial charge on any atom is -0.396 e. The summed E-state index contributed by atoms with van der Waals surface area (Å²) in [7, 11) is 0. The third-order valence-corrected chi connectivity index (χ3v) is 3.93. The van der Waals surface area contributed by atoms with Crippen molar-refractivity contribution in [2.45, 2.75) is 18.8 Å². The van der Waals surface area contributed by atoms with E-state index in [1.165, 1.54) is 24.3 Å². The quantitative estimate of drug-likeness (QED) is 0.679. The van der Waals surface area contributed by atoms with E-state index in [0.29, 0.717) is 0 Å². The first-order chi connectivity index (χ1) is 12.3. The van der Waals surface area contributed by atoms with Crippen molar-refractivity contribution in [2.24, 2.45) is 0 Å². The molecule has 0 aliphatic rings. The Hall–Kier alpha value is -2.56. The molecule has 0 fully saturated rings. The number of rotatable bonds is 6. The number of nitrogens with zero attached hydrogens (tertiary/aromatic N) is 1. The number of hydrogen-bond acceptors (Lipinski definition) is 2. The molecule has 2 rings (SSSR count). The maximum atomic E-state index is 14.2. The lowest BCUT2D eigenvalue weighted by Crippen LogP contribution is -2.17. The first kappa shape index (κ1) is 19.8. The third-order valence-electron chi connectivity index (χ3n) is 3.60. The molecule has 0 spiro atoms. The van der Waals surface area contributed by atoms with E-state index in [2.05, 4.69) is 10.2 Å². The van der Waals surface area contributed by atoms with Crippen LogP contribution >= 0.6 is 11.6 Å². The number of aliphatic hydroxyl groups is 1. The lowest BCUT2D eigenvalue weighted by Gasteiger charge is -2.18. The van der Waals surface area contributed by atoms with Crippen molar-refractivity contribution in [1.82, 2.24) is 0 Å². The Balaban J connectivity index is 2.26. The van der Waals surface area contributed by atoms with Crippen molar-refractivity contribution in [2.75, 3.05) is 11.9 Å². The summed E-state index contributed by atoms with van der Waals surface area (Å²) in [6.07, 6.45) is -0.732. The molecule has 0 radical (unpaired) electrons. The minimum atomic E-state index is -3.31. The highest BCUT2D eigenvalue weighted by Gasteiger charge is 2.33. The van der Waals surface area contributed by atoms with Gasteiger partial charge in [-0.25, -0.2) is 18.0 Å². The second kappa shape index (κ2) is 8.21. The number of nitrogens with one attached hydrogen (secondary N) is 1. The van der Waals surface area contributed by atoms with E-state index in [1.54, 1.807) is 0 Å². The topological polar surface area (TPSA) is 53.7 Å². The molecule has 0 aromatic heterocycles. The fourth-order valence-corrected chi connectivity index (χ4v) is 2.52. The van der Waals surface area contributed by atoms with E-state index in [0.717, 1.165) is 12.1 Å². The van der Waals surface area contributed by atoms with E-state index >= 15 is 0 Å². The number of aliphatic hydroxyl groups excluding tert-OH is 1. The van der Waals surface area contributed by atoms with Crippen LogP contribution in [0.3, 0.4) is 0 Å². The van der Waals surface area contributed by atoms with Crippen LogP contribution in [-0.4, -0.2) is 17.6 Å². The summed E-state index contributed by atoms with van der Waals surface area (Å²) in [5.74, 6) is -4.83. The smallest absolute Gasteiger partial charge is 0.274 e. The average Bonchev–Trinajstić information content (AvgIpc) is 2.60. The summed E-state index contributed by atoms with van der Waals surface area (Å²) < 4.78 is 42.0.